The lowest BCUT2D eigenvalue weighted by Crippen LogP contribution is -2.07. The largest absolute Gasteiger partial charge is 0.386 e. The summed E-state index contributed by atoms with van der Waals surface area (Å²) in [5.74, 6) is 0.976. The molecule has 1 rings (SSSR count). The minimum Gasteiger partial charge on any atom is -0.386 e. The Labute approximate surface area is 93.3 Å². The molecule has 0 spiro atoms. The fourth-order valence-electron chi connectivity index (χ4n) is 1.16. The molecular formula is C11H15BrN2. The van der Waals surface area contributed by atoms with Gasteiger partial charge in [0.1, 0.15) is 0 Å². The van der Waals surface area contributed by atoms with Crippen molar-refractivity contribution in [2.24, 2.45) is 5.73 Å². The topological polar surface area (TPSA) is 38.0 Å². The standard InChI is InChI=1S/C11H15BrN2/c1-7(2)9-4-5-11(10(12)6-9)14-8(3)13/h4-7,14H,3,13H2,1-2H3. The van der Waals surface area contributed by atoms with Crippen LogP contribution in [0.1, 0.15) is 25.3 Å². The van der Waals surface area contributed by atoms with Gasteiger partial charge in [-0.2, -0.15) is 0 Å². The van der Waals surface area contributed by atoms with Gasteiger partial charge in [-0.1, -0.05) is 26.5 Å². The molecule has 0 saturated carbocycles. The number of anilines is 1. The number of nitrogens with one attached hydrogen (secondary N) is 1. The highest BCUT2D eigenvalue weighted by Crippen LogP contribution is 2.27. The molecule has 0 aliphatic heterocycles. The van der Waals surface area contributed by atoms with E-state index in [0.29, 0.717) is 11.7 Å². The first-order valence-electron chi connectivity index (χ1n) is 4.51. The van der Waals surface area contributed by atoms with E-state index in [9.17, 15) is 0 Å². The van der Waals surface area contributed by atoms with Gasteiger partial charge in [0.2, 0.25) is 0 Å². The zero-order chi connectivity index (χ0) is 10.7. The van der Waals surface area contributed by atoms with Crippen LogP contribution in [0.4, 0.5) is 5.69 Å². The van der Waals surface area contributed by atoms with Crippen LogP contribution in [0.3, 0.4) is 0 Å². The number of halogens is 1. The lowest BCUT2D eigenvalue weighted by atomic mass is 10.0. The quantitative estimate of drug-likeness (QED) is 0.868. The Bertz CT molecular complexity index is 345. The van der Waals surface area contributed by atoms with Gasteiger partial charge in [-0.3, -0.25) is 0 Å². The van der Waals surface area contributed by atoms with Gasteiger partial charge < -0.3 is 11.1 Å². The van der Waals surface area contributed by atoms with E-state index in [1.165, 1.54) is 5.56 Å². The maximum absolute atomic E-state index is 5.46. The van der Waals surface area contributed by atoms with Crippen LogP contribution < -0.4 is 11.1 Å². The molecule has 0 heterocycles. The summed E-state index contributed by atoms with van der Waals surface area (Å²) in [5.41, 5.74) is 7.71. The Morgan fingerprint density at radius 1 is 1.50 bits per heavy atom. The molecular weight excluding hydrogens is 240 g/mol. The molecule has 0 aromatic heterocycles. The number of nitrogens with two attached hydrogens (primary N) is 1. The average molecular weight is 255 g/mol. The summed E-state index contributed by atoms with van der Waals surface area (Å²) in [5, 5.41) is 2.98. The summed E-state index contributed by atoms with van der Waals surface area (Å²) in [4.78, 5) is 0. The summed E-state index contributed by atoms with van der Waals surface area (Å²) in [6, 6.07) is 6.17. The molecule has 0 fully saturated rings. The van der Waals surface area contributed by atoms with Crippen molar-refractivity contribution in [3.8, 4) is 0 Å². The highest BCUT2D eigenvalue weighted by molar-refractivity contribution is 9.10. The van der Waals surface area contributed by atoms with Crippen molar-refractivity contribution in [2.45, 2.75) is 19.8 Å². The van der Waals surface area contributed by atoms with Crippen molar-refractivity contribution in [3.05, 3.63) is 40.6 Å². The predicted octanol–water partition coefficient (Wildman–Crippen LogP) is 3.41. The maximum atomic E-state index is 5.46. The van der Waals surface area contributed by atoms with Gasteiger partial charge in [0, 0.05) is 4.47 Å². The molecule has 0 amide bonds. The number of rotatable bonds is 3. The minimum absolute atomic E-state index is 0.447. The van der Waals surface area contributed by atoms with Crippen LogP contribution in [0.2, 0.25) is 0 Å². The second-order valence-electron chi connectivity index (χ2n) is 3.54. The molecule has 0 atom stereocenters. The van der Waals surface area contributed by atoms with Crippen LogP contribution in [0, 0.1) is 0 Å². The summed E-state index contributed by atoms with van der Waals surface area (Å²) < 4.78 is 1.01. The fourth-order valence-corrected chi connectivity index (χ4v) is 1.66. The predicted molar refractivity (Wildman–Crippen MR) is 65.2 cm³/mol. The second-order valence-corrected chi connectivity index (χ2v) is 4.40. The first-order valence-corrected chi connectivity index (χ1v) is 5.31. The molecule has 3 heteroatoms. The van der Waals surface area contributed by atoms with Crippen molar-refractivity contribution in [1.82, 2.24) is 0 Å². The zero-order valence-corrected chi connectivity index (χ0v) is 10.1. The third-order valence-corrected chi connectivity index (χ3v) is 2.61. The molecule has 2 nitrogen and oxygen atoms in total. The van der Waals surface area contributed by atoms with Gasteiger partial charge >= 0.3 is 0 Å². The summed E-state index contributed by atoms with van der Waals surface area (Å²) in [7, 11) is 0. The monoisotopic (exact) mass is 254 g/mol. The Morgan fingerprint density at radius 2 is 2.14 bits per heavy atom. The number of hydrogen-bond donors (Lipinski definition) is 2. The van der Waals surface area contributed by atoms with Gasteiger partial charge in [0.05, 0.1) is 11.5 Å². The fraction of sp³-hybridized carbons (Fsp3) is 0.273. The van der Waals surface area contributed by atoms with Crippen LogP contribution in [0.5, 0.6) is 0 Å². The SMILES string of the molecule is C=C(N)Nc1ccc(C(C)C)cc1Br. The van der Waals surface area contributed by atoms with Crippen molar-refractivity contribution in [3.63, 3.8) is 0 Å². The smallest absolute Gasteiger partial charge is 0.0930 e. The van der Waals surface area contributed by atoms with Crippen molar-refractivity contribution < 1.29 is 0 Å². The molecule has 0 aliphatic carbocycles. The van der Waals surface area contributed by atoms with E-state index in [4.69, 9.17) is 5.73 Å². The van der Waals surface area contributed by atoms with Gasteiger partial charge in [-0.05, 0) is 39.5 Å². The van der Waals surface area contributed by atoms with E-state index in [0.717, 1.165) is 10.2 Å². The van der Waals surface area contributed by atoms with Gasteiger partial charge in [0.15, 0.2) is 0 Å². The Kier molecular flexibility index (Phi) is 3.58. The highest BCUT2D eigenvalue weighted by Gasteiger charge is 2.03. The molecule has 0 saturated heterocycles. The number of hydrogen-bond acceptors (Lipinski definition) is 2. The Balaban J connectivity index is 2.95. The van der Waals surface area contributed by atoms with Crippen LogP contribution in [0.25, 0.3) is 0 Å². The van der Waals surface area contributed by atoms with Crippen molar-refractivity contribution in [1.29, 1.82) is 0 Å². The number of benzene rings is 1. The summed E-state index contributed by atoms with van der Waals surface area (Å²) in [6.07, 6.45) is 0. The van der Waals surface area contributed by atoms with E-state index in [1.807, 2.05) is 6.07 Å². The van der Waals surface area contributed by atoms with Gasteiger partial charge in [-0.15, -0.1) is 0 Å². The first kappa shape index (κ1) is 11.1. The van der Waals surface area contributed by atoms with E-state index >= 15 is 0 Å². The van der Waals surface area contributed by atoms with E-state index in [2.05, 4.69) is 53.8 Å². The molecule has 14 heavy (non-hydrogen) atoms. The lowest BCUT2D eigenvalue weighted by Gasteiger charge is -2.11. The highest BCUT2D eigenvalue weighted by atomic mass is 79.9. The molecule has 3 N–H and O–H groups in total. The normalized spacial score (nSPS) is 10.3. The average Bonchev–Trinajstić information content (AvgIpc) is 2.07. The third-order valence-electron chi connectivity index (χ3n) is 1.96. The molecule has 0 aliphatic rings. The van der Waals surface area contributed by atoms with Crippen molar-refractivity contribution >= 4 is 21.6 Å². The van der Waals surface area contributed by atoms with E-state index in [-0.39, 0.29) is 0 Å². The minimum atomic E-state index is 0.447. The Morgan fingerprint density at radius 3 is 2.57 bits per heavy atom. The summed E-state index contributed by atoms with van der Waals surface area (Å²) >= 11 is 3.48. The first-order chi connectivity index (χ1) is 6.50. The summed E-state index contributed by atoms with van der Waals surface area (Å²) in [6.45, 7) is 7.92. The second kappa shape index (κ2) is 4.51. The van der Waals surface area contributed by atoms with E-state index < -0.39 is 0 Å². The Hall–Kier alpha value is -0.960. The van der Waals surface area contributed by atoms with Gasteiger partial charge in [-0.25, -0.2) is 0 Å². The van der Waals surface area contributed by atoms with Crippen molar-refractivity contribution in [2.75, 3.05) is 5.32 Å². The van der Waals surface area contributed by atoms with Crippen LogP contribution >= 0.6 is 15.9 Å². The zero-order valence-electron chi connectivity index (χ0n) is 8.47. The lowest BCUT2D eigenvalue weighted by molar-refractivity contribution is 0.866. The molecule has 0 radical (unpaired) electrons. The van der Waals surface area contributed by atoms with Crippen LogP contribution in [-0.2, 0) is 0 Å². The molecule has 0 unspecified atom stereocenters. The van der Waals surface area contributed by atoms with Crippen LogP contribution in [-0.4, -0.2) is 0 Å². The third kappa shape index (κ3) is 2.77. The van der Waals surface area contributed by atoms with Crippen LogP contribution in [0.15, 0.2) is 35.1 Å². The van der Waals surface area contributed by atoms with E-state index in [1.54, 1.807) is 0 Å². The molecule has 76 valence electrons. The molecule has 0 bridgehead atoms. The molecule has 1 aromatic rings. The maximum Gasteiger partial charge on any atom is 0.0930 e. The molecule has 1 aromatic carbocycles. The van der Waals surface area contributed by atoms with Gasteiger partial charge in [0.25, 0.3) is 0 Å².